The standard InChI is InChI=1S/C14H16FNO/c1-5-8-16(3)10-11(2)12-6-7-14(17-4)13(15)9-12/h1,6-7,9H,2,8,10H2,3-4H3. The molecule has 0 unspecified atom stereocenters. The number of methoxy groups -OCH3 is 1. The monoisotopic (exact) mass is 233 g/mol. The number of hydrogen-bond acceptors (Lipinski definition) is 2. The maximum Gasteiger partial charge on any atom is 0.165 e. The van der Waals surface area contributed by atoms with E-state index in [2.05, 4.69) is 12.5 Å². The van der Waals surface area contributed by atoms with Gasteiger partial charge in [0.2, 0.25) is 0 Å². The minimum atomic E-state index is -0.384. The number of halogens is 1. The predicted molar refractivity (Wildman–Crippen MR) is 68.3 cm³/mol. The van der Waals surface area contributed by atoms with E-state index in [1.54, 1.807) is 12.1 Å². The van der Waals surface area contributed by atoms with Crippen molar-refractivity contribution in [2.24, 2.45) is 0 Å². The first-order valence-electron chi connectivity index (χ1n) is 5.22. The molecule has 0 spiro atoms. The third-order valence-corrected chi connectivity index (χ3v) is 2.38. The molecule has 1 aromatic rings. The van der Waals surface area contributed by atoms with Crippen molar-refractivity contribution in [3.63, 3.8) is 0 Å². The van der Waals surface area contributed by atoms with E-state index in [-0.39, 0.29) is 11.6 Å². The third kappa shape index (κ3) is 3.61. The number of rotatable bonds is 5. The topological polar surface area (TPSA) is 12.5 Å². The van der Waals surface area contributed by atoms with E-state index in [0.717, 1.165) is 11.1 Å². The molecule has 0 aromatic heterocycles. The predicted octanol–water partition coefficient (Wildman–Crippen LogP) is 2.41. The molecule has 2 nitrogen and oxygen atoms in total. The van der Waals surface area contributed by atoms with Crippen molar-refractivity contribution in [3.8, 4) is 18.1 Å². The molecule has 1 rings (SSSR count). The van der Waals surface area contributed by atoms with Gasteiger partial charge in [-0.3, -0.25) is 4.90 Å². The Labute approximate surface area is 102 Å². The third-order valence-electron chi connectivity index (χ3n) is 2.38. The quantitative estimate of drug-likeness (QED) is 0.724. The SMILES string of the molecule is C#CCN(C)CC(=C)c1ccc(OC)c(F)c1. The lowest BCUT2D eigenvalue weighted by molar-refractivity contribution is 0.386. The van der Waals surface area contributed by atoms with E-state index < -0.39 is 0 Å². The Kier molecular flexibility index (Phi) is 4.74. The number of hydrogen-bond donors (Lipinski definition) is 0. The molecule has 0 amide bonds. The molecule has 0 radical (unpaired) electrons. The van der Waals surface area contributed by atoms with E-state index in [9.17, 15) is 4.39 Å². The van der Waals surface area contributed by atoms with Gasteiger partial charge in [0.1, 0.15) is 0 Å². The molecule has 0 aliphatic carbocycles. The lowest BCUT2D eigenvalue weighted by atomic mass is 10.1. The summed E-state index contributed by atoms with van der Waals surface area (Å²) in [6, 6.07) is 4.80. The van der Waals surface area contributed by atoms with Crippen LogP contribution in [0.5, 0.6) is 5.75 Å². The summed E-state index contributed by atoms with van der Waals surface area (Å²) in [5.74, 6) is 2.40. The van der Waals surface area contributed by atoms with Gasteiger partial charge >= 0.3 is 0 Å². The van der Waals surface area contributed by atoms with Crippen molar-refractivity contribution in [3.05, 3.63) is 36.2 Å². The zero-order chi connectivity index (χ0) is 12.8. The Hall–Kier alpha value is -1.79. The van der Waals surface area contributed by atoms with Gasteiger partial charge in [0.15, 0.2) is 11.6 Å². The van der Waals surface area contributed by atoms with Crippen LogP contribution in [0.4, 0.5) is 4.39 Å². The number of terminal acetylenes is 1. The molecular weight excluding hydrogens is 217 g/mol. The van der Waals surface area contributed by atoms with Gasteiger partial charge in [-0.2, -0.15) is 0 Å². The Balaban J connectivity index is 2.77. The van der Waals surface area contributed by atoms with Gasteiger partial charge in [-0.15, -0.1) is 6.42 Å². The number of ether oxygens (including phenoxy) is 1. The second kappa shape index (κ2) is 6.07. The van der Waals surface area contributed by atoms with Crippen LogP contribution in [0, 0.1) is 18.2 Å². The smallest absolute Gasteiger partial charge is 0.165 e. The summed E-state index contributed by atoms with van der Waals surface area (Å²) in [5.41, 5.74) is 1.58. The van der Waals surface area contributed by atoms with Crippen LogP contribution in [0.2, 0.25) is 0 Å². The molecular formula is C14H16FNO. The maximum absolute atomic E-state index is 13.5. The molecule has 0 atom stereocenters. The van der Waals surface area contributed by atoms with Crippen molar-refractivity contribution in [1.82, 2.24) is 4.90 Å². The summed E-state index contributed by atoms with van der Waals surface area (Å²) in [4.78, 5) is 1.93. The molecule has 0 saturated carbocycles. The first-order chi connectivity index (χ1) is 8.08. The largest absolute Gasteiger partial charge is 0.494 e. The summed E-state index contributed by atoms with van der Waals surface area (Å²) in [6.45, 7) is 5.07. The molecule has 90 valence electrons. The average Bonchev–Trinajstić information content (AvgIpc) is 2.29. The fraction of sp³-hybridized carbons (Fsp3) is 0.286. The summed E-state index contributed by atoms with van der Waals surface area (Å²) in [7, 11) is 3.33. The zero-order valence-electron chi connectivity index (χ0n) is 10.2. The zero-order valence-corrected chi connectivity index (χ0v) is 10.2. The van der Waals surface area contributed by atoms with E-state index >= 15 is 0 Å². The molecule has 1 aromatic carbocycles. The molecule has 0 saturated heterocycles. The Morgan fingerprint density at radius 3 is 2.82 bits per heavy atom. The van der Waals surface area contributed by atoms with Crippen molar-refractivity contribution in [2.45, 2.75) is 0 Å². The minimum absolute atomic E-state index is 0.235. The minimum Gasteiger partial charge on any atom is -0.494 e. The molecule has 0 heterocycles. The summed E-state index contributed by atoms with van der Waals surface area (Å²) >= 11 is 0. The average molecular weight is 233 g/mol. The van der Waals surface area contributed by atoms with Crippen molar-refractivity contribution >= 4 is 5.57 Å². The van der Waals surface area contributed by atoms with E-state index in [1.807, 2.05) is 11.9 Å². The number of benzene rings is 1. The fourth-order valence-corrected chi connectivity index (χ4v) is 1.52. The second-order valence-electron chi connectivity index (χ2n) is 3.83. The van der Waals surface area contributed by atoms with Crippen LogP contribution in [0.3, 0.4) is 0 Å². The highest BCUT2D eigenvalue weighted by Crippen LogP contribution is 2.21. The molecule has 0 fully saturated rings. The fourth-order valence-electron chi connectivity index (χ4n) is 1.52. The van der Waals surface area contributed by atoms with Crippen LogP contribution in [-0.4, -0.2) is 32.1 Å². The summed E-state index contributed by atoms with van der Waals surface area (Å²) in [6.07, 6.45) is 5.21. The van der Waals surface area contributed by atoms with Gasteiger partial charge in [0.05, 0.1) is 13.7 Å². The van der Waals surface area contributed by atoms with Gasteiger partial charge < -0.3 is 4.74 Å². The maximum atomic E-state index is 13.5. The molecule has 3 heteroatoms. The van der Waals surface area contributed by atoms with Gasteiger partial charge in [0, 0.05) is 6.54 Å². The lowest BCUT2D eigenvalue weighted by Crippen LogP contribution is -2.20. The van der Waals surface area contributed by atoms with Gasteiger partial charge in [-0.25, -0.2) is 4.39 Å². The van der Waals surface area contributed by atoms with Crippen molar-refractivity contribution in [2.75, 3.05) is 27.2 Å². The lowest BCUT2D eigenvalue weighted by Gasteiger charge is -2.15. The van der Waals surface area contributed by atoms with Crippen LogP contribution < -0.4 is 4.74 Å². The highest BCUT2D eigenvalue weighted by atomic mass is 19.1. The van der Waals surface area contributed by atoms with Crippen LogP contribution in [0.25, 0.3) is 5.57 Å². The molecule has 0 aliphatic heterocycles. The first kappa shape index (κ1) is 13.3. The number of likely N-dealkylation sites (N-methyl/N-ethyl adjacent to an activating group) is 1. The summed E-state index contributed by atoms with van der Waals surface area (Å²) in [5, 5.41) is 0. The van der Waals surface area contributed by atoms with Crippen LogP contribution in [-0.2, 0) is 0 Å². The molecule has 0 aliphatic rings. The Bertz CT molecular complexity index is 448. The van der Waals surface area contributed by atoms with Crippen LogP contribution >= 0.6 is 0 Å². The normalized spacial score (nSPS) is 10.1. The molecule has 17 heavy (non-hydrogen) atoms. The van der Waals surface area contributed by atoms with Gasteiger partial charge in [-0.05, 0) is 30.3 Å². The van der Waals surface area contributed by atoms with Crippen LogP contribution in [0.15, 0.2) is 24.8 Å². The van der Waals surface area contributed by atoms with Gasteiger partial charge in [0.25, 0.3) is 0 Å². The highest BCUT2D eigenvalue weighted by Gasteiger charge is 2.07. The van der Waals surface area contributed by atoms with Crippen molar-refractivity contribution < 1.29 is 9.13 Å². The molecule has 0 bridgehead atoms. The highest BCUT2D eigenvalue weighted by molar-refractivity contribution is 5.65. The summed E-state index contributed by atoms with van der Waals surface area (Å²) < 4.78 is 18.3. The first-order valence-corrected chi connectivity index (χ1v) is 5.22. The number of nitrogens with zero attached hydrogens (tertiary/aromatic N) is 1. The molecule has 0 N–H and O–H groups in total. The van der Waals surface area contributed by atoms with E-state index in [4.69, 9.17) is 11.2 Å². The van der Waals surface area contributed by atoms with E-state index in [1.165, 1.54) is 13.2 Å². The van der Waals surface area contributed by atoms with Crippen LogP contribution in [0.1, 0.15) is 5.56 Å². The Morgan fingerprint density at radius 1 is 1.59 bits per heavy atom. The van der Waals surface area contributed by atoms with E-state index in [0.29, 0.717) is 13.1 Å². The van der Waals surface area contributed by atoms with Gasteiger partial charge in [-0.1, -0.05) is 18.6 Å². The van der Waals surface area contributed by atoms with Crippen molar-refractivity contribution in [1.29, 1.82) is 0 Å². The Morgan fingerprint density at radius 2 is 2.29 bits per heavy atom. The second-order valence-corrected chi connectivity index (χ2v) is 3.83.